The van der Waals surface area contributed by atoms with Gasteiger partial charge in [-0.25, -0.2) is 9.59 Å². The third-order valence-electron chi connectivity index (χ3n) is 10.5. The molecule has 1 heterocycles. The molecule has 0 radical (unpaired) electrons. The fraction of sp³-hybridized carbons (Fsp3) is 0.818. The van der Waals surface area contributed by atoms with Gasteiger partial charge in [0.15, 0.2) is 0 Å². The molecule has 3 aliphatic carbocycles. The summed E-state index contributed by atoms with van der Waals surface area (Å²) < 4.78 is 5.53. The number of hydrogen-bond acceptors (Lipinski definition) is 7. The van der Waals surface area contributed by atoms with E-state index in [4.69, 9.17) is 10.5 Å². The van der Waals surface area contributed by atoms with Gasteiger partial charge in [-0.15, -0.1) is 0 Å². The lowest BCUT2D eigenvalue weighted by molar-refractivity contribution is -0.148. The topological polar surface area (TPSA) is 177 Å². The van der Waals surface area contributed by atoms with Crippen LogP contribution < -0.4 is 21.7 Å². The number of urea groups is 1. The van der Waals surface area contributed by atoms with E-state index in [1.165, 1.54) is 4.90 Å². The van der Waals surface area contributed by atoms with E-state index in [9.17, 15) is 28.8 Å². The Kier molecular flexibility index (Phi) is 10.2. The van der Waals surface area contributed by atoms with Gasteiger partial charge in [0.1, 0.15) is 18.1 Å². The van der Waals surface area contributed by atoms with E-state index >= 15 is 0 Å². The number of esters is 1. The van der Waals surface area contributed by atoms with E-state index in [2.05, 4.69) is 16.0 Å². The fourth-order valence-corrected chi connectivity index (χ4v) is 6.99. The number of ether oxygens (including phenoxy) is 1. The minimum absolute atomic E-state index is 0.0702. The number of carbonyl (C=O) groups excluding carboxylic acids is 6. The van der Waals surface area contributed by atoms with E-state index in [0.717, 1.165) is 25.7 Å². The van der Waals surface area contributed by atoms with Crippen LogP contribution in [0.25, 0.3) is 0 Å². The Labute approximate surface area is 266 Å². The summed E-state index contributed by atoms with van der Waals surface area (Å²) >= 11 is 0. The first-order valence-corrected chi connectivity index (χ1v) is 16.7. The van der Waals surface area contributed by atoms with Gasteiger partial charge < -0.3 is 31.3 Å². The molecular weight excluding hydrogens is 578 g/mol. The summed E-state index contributed by atoms with van der Waals surface area (Å²) in [5.41, 5.74) is 4.36. The highest BCUT2D eigenvalue weighted by molar-refractivity contribution is 6.37. The van der Waals surface area contributed by atoms with Gasteiger partial charge in [-0.1, -0.05) is 74.1 Å². The Morgan fingerprint density at radius 2 is 1.53 bits per heavy atom. The van der Waals surface area contributed by atoms with Crippen molar-refractivity contribution in [1.29, 1.82) is 0 Å². The summed E-state index contributed by atoms with van der Waals surface area (Å²) in [6.45, 7) is 14.1. The second kappa shape index (κ2) is 13.3. The van der Waals surface area contributed by atoms with Crippen LogP contribution in [0.5, 0.6) is 0 Å². The zero-order valence-corrected chi connectivity index (χ0v) is 27.9. The SMILES string of the molecule is CCC(CC)[C@H](NC(=O)N[C@H](C(=O)N1CC2[C@@H]([C@H]1C(=O)NC(CC1CC1)C(=O)C(N)=O)C2(C)C)C(C)(C)C)C(=O)OCC1CC1. The van der Waals surface area contributed by atoms with Crippen LogP contribution in [0.15, 0.2) is 0 Å². The molecule has 12 nitrogen and oxygen atoms in total. The molecule has 4 fully saturated rings. The number of fused-ring (bicyclic) bond motifs is 1. The number of ketones is 1. The highest BCUT2D eigenvalue weighted by atomic mass is 16.5. The van der Waals surface area contributed by atoms with Crippen molar-refractivity contribution in [1.82, 2.24) is 20.9 Å². The Morgan fingerprint density at radius 1 is 0.933 bits per heavy atom. The van der Waals surface area contributed by atoms with Gasteiger partial charge >= 0.3 is 12.0 Å². The average molecular weight is 632 g/mol. The van der Waals surface area contributed by atoms with Crippen molar-refractivity contribution >= 4 is 35.5 Å². The lowest BCUT2D eigenvalue weighted by Crippen LogP contribution is -2.62. The Morgan fingerprint density at radius 3 is 2.04 bits per heavy atom. The van der Waals surface area contributed by atoms with Gasteiger partial charge in [0.25, 0.3) is 5.91 Å². The number of amides is 5. The molecule has 0 spiro atoms. The minimum atomic E-state index is -1.10. The van der Waals surface area contributed by atoms with Crippen LogP contribution in [0.4, 0.5) is 4.79 Å². The molecule has 5 N–H and O–H groups in total. The smallest absolute Gasteiger partial charge is 0.328 e. The van der Waals surface area contributed by atoms with Crippen LogP contribution in [-0.2, 0) is 28.7 Å². The first kappa shape index (κ1) is 34.7. The summed E-state index contributed by atoms with van der Waals surface area (Å²) in [7, 11) is 0. The molecule has 1 aliphatic heterocycles. The lowest BCUT2D eigenvalue weighted by atomic mass is 9.85. The first-order valence-electron chi connectivity index (χ1n) is 16.7. The van der Waals surface area contributed by atoms with Gasteiger partial charge in [0, 0.05) is 6.54 Å². The molecule has 3 saturated carbocycles. The van der Waals surface area contributed by atoms with Crippen LogP contribution in [0, 0.1) is 40.4 Å². The third-order valence-corrected chi connectivity index (χ3v) is 10.5. The summed E-state index contributed by atoms with van der Waals surface area (Å²) in [6.07, 6.45) is 5.55. The van der Waals surface area contributed by atoms with Crippen molar-refractivity contribution in [2.45, 2.75) is 118 Å². The average Bonchev–Trinajstić information content (AvgIpc) is 3.92. The van der Waals surface area contributed by atoms with Crippen molar-refractivity contribution in [3.63, 3.8) is 0 Å². The maximum Gasteiger partial charge on any atom is 0.328 e. The van der Waals surface area contributed by atoms with Gasteiger partial charge in [-0.05, 0) is 59.7 Å². The van der Waals surface area contributed by atoms with Crippen LogP contribution in [0.1, 0.15) is 93.4 Å². The molecule has 1 saturated heterocycles. The monoisotopic (exact) mass is 631 g/mol. The second-order valence-electron chi connectivity index (χ2n) is 15.4. The summed E-state index contributed by atoms with van der Waals surface area (Å²) in [5, 5.41) is 8.38. The molecule has 5 amide bonds. The predicted octanol–water partition coefficient (Wildman–Crippen LogP) is 2.28. The Balaban J connectivity index is 1.51. The van der Waals surface area contributed by atoms with Crippen molar-refractivity contribution in [2.75, 3.05) is 13.2 Å². The van der Waals surface area contributed by atoms with E-state index < -0.39 is 65.1 Å². The highest BCUT2D eigenvalue weighted by Crippen LogP contribution is 2.65. The molecule has 45 heavy (non-hydrogen) atoms. The number of Topliss-reactive ketones (excluding diaryl/α,β-unsaturated/α-hetero) is 1. The fourth-order valence-electron chi connectivity index (χ4n) is 6.99. The van der Waals surface area contributed by atoms with Crippen molar-refractivity contribution in [2.24, 2.45) is 46.2 Å². The predicted molar refractivity (Wildman–Crippen MR) is 166 cm³/mol. The molecule has 2 unspecified atom stereocenters. The van der Waals surface area contributed by atoms with Gasteiger partial charge in [0.2, 0.25) is 17.6 Å². The molecule has 252 valence electrons. The van der Waals surface area contributed by atoms with Crippen LogP contribution in [-0.4, -0.2) is 77.7 Å². The Bertz CT molecular complexity index is 1180. The zero-order chi connectivity index (χ0) is 33.4. The summed E-state index contributed by atoms with van der Waals surface area (Å²) in [5.74, 6) is -2.92. The Hall–Kier alpha value is -3.18. The number of nitrogens with zero attached hydrogens (tertiary/aromatic N) is 1. The molecule has 6 atom stereocenters. The number of nitrogens with two attached hydrogens (primary N) is 1. The maximum atomic E-state index is 14.3. The quantitative estimate of drug-likeness (QED) is 0.158. The number of hydrogen-bond donors (Lipinski definition) is 4. The normalized spacial score (nSPS) is 25.4. The molecule has 0 bridgehead atoms. The number of carbonyl (C=O) groups is 6. The first-order chi connectivity index (χ1) is 21.0. The summed E-state index contributed by atoms with van der Waals surface area (Å²) in [6, 6.07) is -4.45. The van der Waals surface area contributed by atoms with Gasteiger partial charge in [-0.3, -0.25) is 19.2 Å². The van der Waals surface area contributed by atoms with Crippen molar-refractivity contribution < 1.29 is 33.5 Å². The van der Waals surface area contributed by atoms with E-state index in [1.54, 1.807) is 0 Å². The number of rotatable bonds is 15. The van der Waals surface area contributed by atoms with E-state index in [1.807, 2.05) is 48.5 Å². The molecule has 0 aromatic carbocycles. The van der Waals surface area contributed by atoms with Gasteiger partial charge in [0.05, 0.1) is 12.6 Å². The zero-order valence-electron chi connectivity index (χ0n) is 27.9. The van der Waals surface area contributed by atoms with Crippen LogP contribution in [0.3, 0.4) is 0 Å². The highest BCUT2D eigenvalue weighted by Gasteiger charge is 2.70. The molecular formula is C33H53N5O7. The molecule has 0 aromatic heterocycles. The maximum absolute atomic E-state index is 14.3. The van der Waals surface area contributed by atoms with Crippen molar-refractivity contribution in [3.8, 4) is 0 Å². The third kappa shape index (κ3) is 7.98. The van der Waals surface area contributed by atoms with Crippen LogP contribution in [0.2, 0.25) is 0 Å². The second-order valence-corrected chi connectivity index (χ2v) is 15.4. The lowest BCUT2D eigenvalue weighted by Gasteiger charge is -2.38. The number of piperidine rings is 1. The largest absolute Gasteiger partial charge is 0.464 e. The van der Waals surface area contributed by atoms with E-state index in [0.29, 0.717) is 38.3 Å². The number of nitrogens with one attached hydrogen (secondary N) is 3. The van der Waals surface area contributed by atoms with E-state index in [-0.39, 0.29) is 29.1 Å². The number of primary amides is 1. The van der Waals surface area contributed by atoms with Crippen molar-refractivity contribution in [3.05, 3.63) is 0 Å². The number of likely N-dealkylation sites (tertiary alicyclic amines) is 1. The standard InChI is InChI=1S/C33H53N5O7/c1-8-19(9-2)23(30(43)45-16-18-12-13-18)36-31(44)37-26(32(3,4)5)29(42)38-15-20-22(33(20,6)7)24(38)28(41)35-21(14-17-10-11-17)25(39)27(34)40/h17-24,26H,8-16H2,1-7H3,(H2,34,40)(H,35,41)(H2,36,37,44)/t20?,21?,22-,23-,24-,26+/m0/s1. The molecule has 12 heteroatoms. The minimum Gasteiger partial charge on any atom is -0.464 e. The van der Waals surface area contributed by atoms with Gasteiger partial charge in [-0.2, -0.15) is 0 Å². The summed E-state index contributed by atoms with van der Waals surface area (Å²) in [4.78, 5) is 80.4. The van der Waals surface area contributed by atoms with Crippen LogP contribution >= 0.6 is 0 Å². The molecule has 4 aliphatic rings. The molecule has 4 rings (SSSR count). The molecule has 0 aromatic rings.